The summed E-state index contributed by atoms with van der Waals surface area (Å²) in [6.45, 7) is 8.13. The number of rotatable bonds is 1. The molecule has 2 nitrogen and oxygen atoms in total. The molecule has 1 aromatic carbocycles. The zero-order valence-corrected chi connectivity index (χ0v) is 11.9. The van der Waals surface area contributed by atoms with Crippen LogP contribution in [0.3, 0.4) is 0 Å². The van der Waals surface area contributed by atoms with Gasteiger partial charge in [-0.05, 0) is 50.8 Å². The van der Waals surface area contributed by atoms with Gasteiger partial charge in [0.2, 0.25) is 0 Å². The van der Waals surface area contributed by atoms with E-state index in [0.29, 0.717) is 0 Å². The zero-order valence-electron chi connectivity index (χ0n) is 11.1. The molecule has 0 spiro atoms. The highest BCUT2D eigenvalue weighted by Crippen LogP contribution is 2.44. The van der Waals surface area contributed by atoms with Gasteiger partial charge in [-0.15, -0.1) is 0 Å². The number of methoxy groups -OCH3 is 1. The molecule has 1 heterocycles. The van der Waals surface area contributed by atoms with Gasteiger partial charge in [0, 0.05) is 12.0 Å². The van der Waals surface area contributed by atoms with Crippen LogP contribution in [0.15, 0.2) is 0 Å². The fourth-order valence-electron chi connectivity index (χ4n) is 2.51. The Balaban J connectivity index is 2.64. The second-order valence-electron chi connectivity index (χ2n) is 4.92. The van der Waals surface area contributed by atoms with Crippen molar-refractivity contribution in [3.63, 3.8) is 0 Å². The molecule has 2 rings (SSSR count). The minimum absolute atomic E-state index is 0.578. The van der Waals surface area contributed by atoms with Crippen molar-refractivity contribution in [2.75, 3.05) is 7.11 Å². The van der Waals surface area contributed by atoms with E-state index in [2.05, 4.69) is 20.8 Å². The summed E-state index contributed by atoms with van der Waals surface area (Å²) in [5, 5.41) is -0.578. The van der Waals surface area contributed by atoms with E-state index in [9.17, 15) is 0 Å². The van der Waals surface area contributed by atoms with E-state index in [1.807, 2.05) is 6.92 Å². The Morgan fingerprint density at radius 3 is 2.41 bits per heavy atom. The van der Waals surface area contributed by atoms with Gasteiger partial charge in [-0.3, -0.25) is 0 Å². The second kappa shape index (κ2) is 4.09. The molecule has 1 aliphatic rings. The van der Waals surface area contributed by atoms with Gasteiger partial charge in [0.15, 0.2) is 5.06 Å². The van der Waals surface area contributed by atoms with Gasteiger partial charge in [-0.1, -0.05) is 11.6 Å². The number of halogens is 1. The molecule has 0 saturated carbocycles. The number of benzene rings is 1. The molecule has 0 amide bonds. The Bertz CT molecular complexity index is 464. The lowest BCUT2D eigenvalue weighted by molar-refractivity contribution is 0.148. The molecule has 1 atom stereocenters. The van der Waals surface area contributed by atoms with Crippen LogP contribution in [-0.4, -0.2) is 12.2 Å². The van der Waals surface area contributed by atoms with E-state index < -0.39 is 5.06 Å². The average molecular weight is 255 g/mol. The zero-order chi connectivity index (χ0) is 12.8. The van der Waals surface area contributed by atoms with Crippen LogP contribution in [0.4, 0.5) is 0 Å². The van der Waals surface area contributed by atoms with E-state index >= 15 is 0 Å². The molecule has 0 saturated heterocycles. The van der Waals surface area contributed by atoms with Crippen LogP contribution in [0, 0.1) is 20.8 Å². The minimum Gasteiger partial charge on any atom is -0.496 e. The molecule has 0 aliphatic carbocycles. The summed E-state index contributed by atoms with van der Waals surface area (Å²) in [4.78, 5) is 0. The van der Waals surface area contributed by atoms with Gasteiger partial charge >= 0.3 is 0 Å². The lowest BCUT2D eigenvalue weighted by Gasteiger charge is -2.33. The Morgan fingerprint density at radius 1 is 1.18 bits per heavy atom. The normalized spacial score (nSPS) is 22.9. The third-order valence-corrected chi connectivity index (χ3v) is 3.92. The van der Waals surface area contributed by atoms with E-state index in [0.717, 1.165) is 35.5 Å². The summed E-state index contributed by atoms with van der Waals surface area (Å²) in [5.74, 6) is 1.92. The number of hydrogen-bond acceptors (Lipinski definition) is 2. The highest BCUT2D eigenvalue weighted by Gasteiger charge is 2.32. The summed E-state index contributed by atoms with van der Waals surface area (Å²) in [6, 6.07) is 0. The minimum atomic E-state index is -0.578. The Labute approximate surface area is 108 Å². The first-order chi connectivity index (χ1) is 7.87. The summed E-state index contributed by atoms with van der Waals surface area (Å²) < 4.78 is 11.4. The van der Waals surface area contributed by atoms with Gasteiger partial charge in [0.05, 0.1) is 7.11 Å². The Hall–Kier alpha value is -0.890. The SMILES string of the molecule is COc1c(C)c(C)c2c(c1C)CCC(C)(Cl)O2. The van der Waals surface area contributed by atoms with Gasteiger partial charge in [-0.2, -0.15) is 0 Å². The molecular weight excluding hydrogens is 236 g/mol. The van der Waals surface area contributed by atoms with Crippen LogP contribution in [0.1, 0.15) is 35.6 Å². The van der Waals surface area contributed by atoms with Crippen molar-refractivity contribution in [2.45, 2.75) is 45.6 Å². The molecule has 0 bridgehead atoms. The van der Waals surface area contributed by atoms with Crippen molar-refractivity contribution in [1.82, 2.24) is 0 Å². The van der Waals surface area contributed by atoms with Crippen molar-refractivity contribution >= 4 is 11.6 Å². The summed E-state index contributed by atoms with van der Waals surface area (Å²) in [7, 11) is 1.72. The number of hydrogen-bond donors (Lipinski definition) is 0. The smallest absolute Gasteiger partial charge is 0.180 e. The maximum absolute atomic E-state index is 6.30. The van der Waals surface area contributed by atoms with Crippen molar-refractivity contribution in [3.05, 3.63) is 22.3 Å². The molecule has 0 fully saturated rings. The van der Waals surface area contributed by atoms with Crippen LogP contribution in [0.25, 0.3) is 0 Å². The first-order valence-corrected chi connectivity index (χ1v) is 6.29. The molecule has 0 radical (unpaired) electrons. The quantitative estimate of drug-likeness (QED) is 0.708. The molecule has 94 valence electrons. The monoisotopic (exact) mass is 254 g/mol. The topological polar surface area (TPSA) is 18.5 Å². The van der Waals surface area contributed by atoms with E-state index in [1.54, 1.807) is 7.11 Å². The predicted octanol–water partition coefficient (Wildman–Crippen LogP) is 3.90. The van der Waals surface area contributed by atoms with Crippen LogP contribution in [-0.2, 0) is 6.42 Å². The number of alkyl halides is 1. The molecule has 3 heteroatoms. The molecule has 1 aromatic rings. The largest absolute Gasteiger partial charge is 0.496 e. The van der Waals surface area contributed by atoms with Crippen LogP contribution >= 0.6 is 11.6 Å². The number of fused-ring (bicyclic) bond motifs is 1. The number of ether oxygens (including phenoxy) is 2. The lowest BCUT2D eigenvalue weighted by Crippen LogP contribution is -2.31. The van der Waals surface area contributed by atoms with Crippen LogP contribution in [0.2, 0.25) is 0 Å². The molecule has 1 aliphatic heterocycles. The average Bonchev–Trinajstić information content (AvgIpc) is 2.26. The molecule has 0 aromatic heterocycles. The van der Waals surface area contributed by atoms with Gasteiger partial charge < -0.3 is 9.47 Å². The fourth-order valence-corrected chi connectivity index (χ4v) is 2.68. The van der Waals surface area contributed by atoms with Crippen molar-refractivity contribution < 1.29 is 9.47 Å². The predicted molar refractivity (Wildman–Crippen MR) is 70.4 cm³/mol. The first-order valence-electron chi connectivity index (χ1n) is 5.92. The Morgan fingerprint density at radius 2 is 1.82 bits per heavy atom. The van der Waals surface area contributed by atoms with Crippen molar-refractivity contribution in [1.29, 1.82) is 0 Å². The summed E-state index contributed by atoms with van der Waals surface area (Å²) in [6.07, 6.45) is 1.77. The van der Waals surface area contributed by atoms with Crippen molar-refractivity contribution in [3.8, 4) is 11.5 Å². The van der Waals surface area contributed by atoms with E-state index in [4.69, 9.17) is 21.1 Å². The van der Waals surface area contributed by atoms with Gasteiger partial charge in [0.1, 0.15) is 11.5 Å². The van der Waals surface area contributed by atoms with E-state index in [1.165, 1.54) is 11.1 Å². The van der Waals surface area contributed by atoms with Crippen LogP contribution < -0.4 is 9.47 Å². The summed E-state index contributed by atoms with van der Waals surface area (Å²) >= 11 is 6.30. The van der Waals surface area contributed by atoms with Crippen LogP contribution in [0.5, 0.6) is 11.5 Å². The standard InChI is InChI=1S/C14H19ClO2/c1-8-9(2)13-11(10(3)12(8)16-5)6-7-14(4,15)17-13/h6-7H2,1-5H3. The maximum atomic E-state index is 6.30. The second-order valence-corrected chi connectivity index (χ2v) is 5.72. The fraction of sp³-hybridized carbons (Fsp3) is 0.571. The molecule has 17 heavy (non-hydrogen) atoms. The van der Waals surface area contributed by atoms with E-state index in [-0.39, 0.29) is 0 Å². The highest BCUT2D eigenvalue weighted by atomic mass is 35.5. The third-order valence-electron chi connectivity index (χ3n) is 3.65. The van der Waals surface area contributed by atoms with Gasteiger partial charge in [0.25, 0.3) is 0 Å². The lowest BCUT2D eigenvalue weighted by atomic mass is 9.92. The molecule has 1 unspecified atom stereocenters. The van der Waals surface area contributed by atoms with Crippen molar-refractivity contribution in [2.24, 2.45) is 0 Å². The molecule has 0 N–H and O–H groups in total. The first kappa shape index (κ1) is 12.6. The molecular formula is C14H19ClO2. The third kappa shape index (κ3) is 1.99. The Kier molecular flexibility index (Phi) is 3.03. The van der Waals surface area contributed by atoms with Gasteiger partial charge in [-0.25, -0.2) is 0 Å². The highest BCUT2D eigenvalue weighted by molar-refractivity contribution is 6.22. The maximum Gasteiger partial charge on any atom is 0.180 e. The summed E-state index contributed by atoms with van der Waals surface area (Å²) in [5.41, 5.74) is 4.69.